The lowest BCUT2D eigenvalue weighted by molar-refractivity contribution is 0.197. The fraction of sp³-hybridized carbons (Fsp3) is 0.300. The van der Waals surface area contributed by atoms with Crippen molar-refractivity contribution in [2.45, 2.75) is 0 Å². The van der Waals surface area contributed by atoms with E-state index >= 15 is 0 Å². The number of hydrogen-bond donors (Lipinski definition) is 3. The van der Waals surface area contributed by atoms with Gasteiger partial charge in [0.05, 0.1) is 14.2 Å². The number of para-hydroxylation sites is 1. The van der Waals surface area contributed by atoms with Crippen molar-refractivity contribution in [3.05, 3.63) is 18.2 Å². The molecule has 0 atom stereocenters. The molecule has 0 unspecified atom stereocenters. The molecule has 0 spiro atoms. The average Bonchev–Trinajstić information content (AvgIpc) is 2.29. The first-order valence-corrected chi connectivity index (χ1v) is 4.37. The van der Waals surface area contributed by atoms with Crippen LogP contribution in [-0.2, 0) is 0 Å². The monoisotopic (exact) mass is 229 g/mol. The van der Waals surface area contributed by atoms with E-state index in [4.69, 9.17) is 14.6 Å². The summed E-state index contributed by atoms with van der Waals surface area (Å²) in [6, 6.07) is 4.95. The number of aromatic hydroxyl groups is 1. The largest absolute Gasteiger partial charge is 0.504 e. The molecule has 0 saturated heterocycles. The summed E-state index contributed by atoms with van der Waals surface area (Å²) in [4.78, 5) is 9.26. The molecule has 0 heterocycles. The first-order chi connectivity index (χ1) is 7.56. The van der Waals surface area contributed by atoms with E-state index in [1.165, 1.54) is 21.3 Å². The van der Waals surface area contributed by atoms with Crippen LogP contribution in [-0.4, -0.2) is 37.6 Å². The summed E-state index contributed by atoms with van der Waals surface area (Å²) < 4.78 is 9.82. The highest BCUT2D eigenvalue weighted by atomic mass is 16.5. The SMILES string of the molecule is CNC(=O)O.COc1cccc(O)c1OC. The van der Waals surface area contributed by atoms with Crippen molar-refractivity contribution in [2.75, 3.05) is 21.3 Å². The Balaban J connectivity index is 0.000000385. The molecule has 6 heteroatoms. The molecule has 0 saturated carbocycles. The number of carbonyl (C=O) groups is 1. The molecule has 90 valence electrons. The van der Waals surface area contributed by atoms with Crippen LogP contribution in [0.25, 0.3) is 0 Å². The molecule has 6 nitrogen and oxygen atoms in total. The average molecular weight is 229 g/mol. The Labute approximate surface area is 93.4 Å². The van der Waals surface area contributed by atoms with Crippen LogP contribution in [0, 0.1) is 0 Å². The Morgan fingerprint density at radius 1 is 1.31 bits per heavy atom. The summed E-state index contributed by atoms with van der Waals surface area (Å²) in [6.07, 6.45) is -0.995. The number of ether oxygens (including phenoxy) is 2. The first-order valence-electron chi connectivity index (χ1n) is 4.37. The van der Waals surface area contributed by atoms with Crippen molar-refractivity contribution in [1.29, 1.82) is 0 Å². The van der Waals surface area contributed by atoms with E-state index < -0.39 is 6.09 Å². The van der Waals surface area contributed by atoms with E-state index in [9.17, 15) is 9.90 Å². The molecule has 1 rings (SSSR count). The van der Waals surface area contributed by atoms with E-state index in [1.807, 2.05) is 5.32 Å². The predicted octanol–water partition coefficient (Wildman–Crippen LogP) is 1.29. The predicted molar refractivity (Wildman–Crippen MR) is 58.3 cm³/mol. The molecular formula is C10H15NO5. The van der Waals surface area contributed by atoms with E-state index in [1.54, 1.807) is 18.2 Å². The zero-order valence-corrected chi connectivity index (χ0v) is 9.35. The summed E-state index contributed by atoms with van der Waals surface area (Å²) in [5, 5.41) is 18.8. The summed E-state index contributed by atoms with van der Waals surface area (Å²) in [5.74, 6) is 0.995. The normalized spacial score (nSPS) is 8.44. The summed E-state index contributed by atoms with van der Waals surface area (Å²) in [5.41, 5.74) is 0. The number of hydrogen-bond acceptors (Lipinski definition) is 4. The van der Waals surface area contributed by atoms with Crippen molar-refractivity contribution in [1.82, 2.24) is 5.32 Å². The van der Waals surface area contributed by atoms with Crippen molar-refractivity contribution in [3.8, 4) is 17.2 Å². The van der Waals surface area contributed by atoms with Gasteiger partial charge in [-0.1, -0.05) is 6.07 Å². The zero-order chi connectivity index (χ0) is 12.6. The quantitative estimate of drug-likeness (QED) is 0.711. The fourth-order valence-corrected chi connectivity index (χ4v) is 0.870. The van der Waals surface area contributed by atoms with Crippen molar-refractivity contribution in [2.24, 2.45) is 0 Å². The molecule has 1 amide bonds. The third-order valence-corrected chi connectivity index (χ3v) is 1.60. The van der Waals surface area contributed by atoms with Gasteiger partial charge in [0.2, 0.25) is 5.75 Å². The molecule has 0 radical (unpaired) electrons. The molecule has 1 aromatic carbocycles. The van der Waals surface area contributed by atoms with Gasteiger partial charge < -0.3 is 25.0 Å². The lowest BCUT2D eigenvalue weighted by atomic mass is 10.3. The minimum atomic E-state index is -0.995. The van der Waals surface area contributed by atoms with E-state index in [0.717, 1.165) is 0 Å². The zero-order valence-electron chi connectivity index (χ0n) is 9.35. The minimum Gasteiger partial charge on any atom is -0.504 e. The van der Waals surface area contributed by atoms with Crippen LogP contribution in [0.2, 0.25) is 0 Å². The Morgan fingerprint density at radius 2 is 1.88 bits per heavy atom. The summed E-state index contributed by atoms with van der Waals surface area (Å²) >= 11 is 0. The molecule has 0 aliphatic carbocycles. The Bertz CT molecular complexity index is 340. The van der Waals surface area contributed by atoms with Gasteiger partial charge in [-0.25, -0.2) is 4.79 Å². The van der Waals surface area contributed by atoms with Gasteiger partial charge in [-0.05, 0) is 12.1 Å². The molecular weight excluding hydrogens is 214 g/mol. The maximum atomic E-state index is 9.26. The van der Waals surface area contributed by atoms with Crippen LogP contribution in [0.1, 0.15) is 0 Å². The highest BCUT2D eigenvalue weighted by molar-refractivity contribution is 5.63. The molecule has 0 aliphatic rings. The smallest absolute Gasteiger partial charge is 0.404 e. The molecule has 0 aliphatic heterocycles. The fourth-order valence-electron chi connectivity index (χ4n) is 0.870. The highest BCUT2D eigenvalue weighted by Gasteiger charge is 2.06. The van der Waals surface area contributed by atoms with E-state index in [2.05, 4.69) is 0 Å². The Kier molecular flexibility index (Phi) is 6.27. The van der Waals surface area contributed by atoms with Crippen LogP contribution in [0.5, 0.6) is 17.2 Å². The number of rotatable bonds is 2. The molecule has 0 bridgehead atoms. The second-order valence-corrected chi connectivity index (χ2v) is 2.57. The summed E-state index contributed by atoms with van der Waals surface area (Å²) in [6.45, 7) is 0. The number of carboxylic acid groups (broad SMARTS) is 1. The number of phenolic OH excluding ortho intramolecular Hbond substituents is 1. The van der Waals surface area contributed by atoms with Gasteiger partial charge >= 0.3 is 6.09 Å². The van der Waals surface area contributed by atoms with Crippen LogP contribution in [0.4, 0.5) is 4.79 Å². The first kappa shape index (κ1) is 13.9. The third kappa shape index (κ3) is 4.41. The lowest BCUT2D eigenvalue weighted by Crippen LogP contribution is -2.13. The Hall–Kier alpha value is -2.11. The van der Waals surface area contributed by atoms with Crippen molar-refractivity contribution < 1.29 is 24.5 Å². The van der Waals surface area contributed by atoms with Gasteiger partial charge in [-0.2, -0.15) is 0 Å². The second kappa shape index (κ2) is 7.22. The molecule has 0 fully saturated rings. The molecule has 1 aromatic rings. The van der Waals surface area contributed by atoms with Gasteiger partial charge in [0.15, 0.2) is 11.5 Å². The van der Waals surface area contributed by atoms with Crippen molar-refractivity contribution >= 4 is 6.09 Å². The number of amides is 1. The molecule has 3 N–H and O–H groups in total. The van der Waals surface area contributed by atoms with E-state index in [0.29, 0.717) is 11.5 Å². The van der Waals surface area contributed by atoms with E-state index in [-0.39, 0.29) is 5.75 Å². The maximum absolute atomic E-state index is 9.26. The van der Waals surface area contributed by atoms with Gasteiger partial charge in [0, 0.05) is 7.05 Å². The van der Waals surface area contributed by atoms with Crippen LogP contribution in [0.15, 0.2) is 18.2 Å². The number of benzene rings is 1. The number of nitrogens with one attached hydrogen (secondary N) is 1. The number of methoxy groups -OCH3 is 2. The van der Waals surface area contributed by atoms with Crippen LogP contribution in [0.3, 0.4) is 0 Å². The topological polar surface area (TPSA) is 88.0 Å². The standard InChI is InChI=1S/C8H10O3.C2H5NO2/c1-10-7-5-3-4-6(9)8(7)11-2;1-3-2(4)5/h3-5,9H,1-2H3;3H,1H3,(H,4,5). The van der Waals surface area contributed by atoms with Crippen LogP contribution >= 0.6 is 0 Å². The van der Waals surface area contributed by atoms with Crippen LogP contribution < -0.4 is 14.8 Å². The molecule has 0 aromatic heterocycles. The van der Waals surface area contributed by atoms with Gasteiger partial charge in [0.25, 0.3) is 0 Å². The third-order valence-electron chi connectivity index (χ3n) is 1.60. The second-order valence-electron chi connectivity index (χ2n) is 2.57. The van der Waals surface area contributed by atoms with Gasteiger partial charge in [-0.15, -0.1) is 0 Å². The maximum Gasteiger partial charge on any atom is 0.404 e. The highest BCUT2D eigenvalue weighted by Crippen LogP contribution is 2.35. The van der Waals surface area contributed by atoms with Gasteiger partial charge in [-0.3, -0.25) is 0 Å². The molecule has 16 heavy (non-hydrogen) atoms. The summed E-state index contributed by atoms with van der Waals surface area (Å²) in [7, 11) is 4.36. The van der Waals surface area contributed by atoms with Crippen molar-refractivity contribution in [3.63, 3.8) is 0 Å². The minimum absolute atomic E-state index is 0.0897. The van der Waals surface area contributed by atoms with Gasteiger partial charge in [0.1, 0.15) is 0 Å². The number of phenols is 1. The Morgan fingerprint density at radius 3 is 2.19 bits per heavy atom. The lowest BCUT2D eigenvalue weighted by Gasteiger charge is -2.07.